The highest BCUT2D eigenvalue weighted by Crippen LogP contribution is 2.33. The van der Waals surface area contributed by atoms with Gasteiger partial charge in [-0.3, -0.25) is 0 Å². The Morgan fingerprint density at radius 3 is 2.53 bits per heavy atom. The van der Waals surface area contributed by atoms with Crippen LogP contribution in [0.25, 0.3) is 0 Å². The first-order valence-corrected chi connectivity index (χ1v) is 6.72. The van der Waals surface area contributed by atoms with Gasteiger partial charge in [-0.1, -0.05) is 25.0 Å². The molecule has 15 heavy (non-hydrogen) atoms. The monoisotopic (exact) mass is 228 g/mol. The number of hydrogen-bond acceptors (Lipinski definition) is 2. The van der Waals surface area contributed by atoms with Gasteiger partial charge < -0.3 is 0 Å². The first kappa shape index (κ1) is 10.6. The minimum atomic E-state index is -3.42. The molecule has 0 aromatic heterocycles. The largest absolute Gasteiger partial charge is 0.224 e. The predicted molar refractivity (Wildman–Crippen MR) is 55.8 cm³/mol. The highest BCUT2D eigenvalue weighted by molar-refractivity contribution is 7.91. The van der Waals surface area contributed by atoms with Crippen molar-refractivity contribution in [3.8, 4) is 0 Å². The van der Waals surface area contributed by atoms with Crippen LogP contribution < -0.4 is 0 Å². The highest BCUT2D eigenvalue weighted by atomic mass is 32.2. The summed E-state index contributed by atoms with van der Waals surface area (Å²) in [5.41, 5.74) is 0. The van der Waals surface area contributed by atoms with E-state index in [2.05, 4.69) is 0 Å². The molecule has 0 unspecified atom stereocenters. The average molecular weight is 228 g/mol. The van der Waals surface area contributed by atoms with Gasteiger partial charge in [0.15, 0.2) is 9.84 Å². The fourth-order valence-corrected chi connectivity index (χ4v) is 3.05. The lowest BCUT2D eigenvalue weighted by atomic mass is 10.3. The van der Waals surface area contributed by atoms with E-state index in [4.69, 9.17) is 0 Å². The molecule has 0 saturated heterocycles. The zero-order valence-corrected chi connectivity index (χ0v) is 9.13. The Kier molecular flexibility index (Phi) is 2.78. The Bertz CT molecular complexity index is 449. The quantitative estimate of drug-likeness (QED) is 0.793. The van der Waals surface area contributed by atoms with E-state index in [0.717, 1.165) is 12.8 Å². The van der Waals surface area contributed by atoms with Gasteiger partial charge in [-0.25, -0.2) is 12.8 Å². The maximum atomic E-state index is 13.2. The fraction of sp³-hybridized carbons (Fsp3) is 0.455. The van der Waals surface area contributed by atoms with E-state index in [1.54, 1.807) is 6.07 Å². The van der Waals surface area contributed by atoms with E-state index < -0.39 is 15.7 Å². The van der Waals surface area contributed by atoms with Crippen molar-refractivity contribution in [2.45, 2.75) is 24.2 Å². The molecular formula is C11H13FO2S. The molecule has 0 aliphatic heterocycles. The van der Waals surface area contributed by atoms with Gasteiger partial charge in [0.25, 0.3) is 0 Å². The smallest absolute Gasteiger partial charge is 0.181 e. The predicted octanol–water partition coefficient (Wildman–Crippen LogP) is 2.40. The molecule has 2 nitrogen and oxygen atoms in total. The normalized spacial score (nSPS) is 16.6. The molecule has 1 aliphatic rings. The summed E-state index contributed by atoms with van der Waals surface area (Å²) in [6.07, 6.45) is 2.90. The Morgan fingerprint density at radius 2 is 1.93 bits per heavy atom. The van der Waals surface area contributed by atoms with Crippen molar-refractivity contribution < 1.29 is 12.8 Å². The molecule has 0 atom stereocenters. The maximum absolute atomic E-state index is 13.2. The van der Waals surface area contributed by atoms with E-state index in [9.17, 15) is 12.8 Å². The second-order valence-corrected chi connectivity index (χ2v) is 6.06. The number of halogens is 1. The van der Waals surface area contributed by atoms with Crippen LogP contribution in [-0.2, 0) is 9.84 Å². The Labute approximate surface area is 89.0 Å². The maximum Gasteiger partial charge on any atom is 0.181 e. The van der Waals surface area contributed by atoms with Gasteiger partial charge in [-0.2, -0.15) is 0 Å². The van der Waals surface area contributed by atoms with E-state index in [-0.39, 0.29) is 10.6 Å². The molecule has 0 spiro atoms. The molecule has 1 saturated carbocycles. The van der Waals surface area contributed by atoms with Crippen molar-refractivity contribution >= 4 is 9.84 Å². The van der Waals surface area contributed by atoms with Crippen LogP contribution in [0.4, 0.5) is 4.39 Å². The van der Waals surface area contributed by atoms with Crippen molar-refractivity contribution in [2.75, 3.05) is 5.75 Å². The zero-order valence-electron chi connectivity index (χ0n) is 8.32. The summed E-state index contributed by atoms with van der Waals surface area (Å²) in [5.74, 6) is -0.0293. The van der Waals surface area contributed by atoms with Gasteiger partial charge in [0, 0.05) is 0 Å². The van der Waals surface area contributed by atoms with Gasteiger partial charge in [-0.15, -0.1) is 0 Å². The summed E-state index contributed by atoms with van der Waals surface area (Å²) in [6, 6.07) is 5.56. The summed E-state index contributed by atoms with van der Waals surface area (Å²) in [5, 5.41) is 0. The average Bonchev–Trinajstić information content (AvgIpc) is 2.99. The second-order valence-electron chi connectivity index (χ2n) is 3.98. The molecular weight excluding hydrogens is 215 g/mol. The number of sulfone groups is 1. The van der Waals surface area contributed by atoms with Crippen LogP contribution in [0, 0.1) is 11.7 Å². The van der Waals surface area contributed by atoms with Crippen LogP contribution >= 0.6 is 0 Å². The SMILES string of the molecule is O=S(=O)(CCC1CC1)c1ccccc1F. The van der Waals surface area contributed by atoms with Crippen LogP contribution in [-0.4, -0.2) is 14.2 Å². The van der Waals surface area contributed by atoms with Gasteiger partial charge in [0.1, 0.15) is 10.7 Å². The number of rotatable bonds is 4. The molecule has 0 N–H and O–H groups in total. The van der Waals surface area contributed by atoms with Crippen LogP contribution in [0.3, 0.4) is 0 Å². The van der Waals surface area contributed by atoms with Crippen LogP contribution in [0.1, 0.15) is 19.3 Å². The molecule has 0 bridgehead atoms. The summed E-state index contributed by atoms with van der Waals surface area (Å²) in [7, 11) is -3.42. The third-order valence-electron chi connectivity index (χ3n) is 2.66. The topological polar surface area (TPSA) is 34.1 Å². The first-order valence-electron chi connectivity index (χ1n) is 5.07. The summed E-state index contributed by atoms with van der Waals surface area (Å²) < 4.78 is 36.7. The molecule has 0 heterocycles. The van der Waals surface area contributed by atoms with Gasteiger partial charge in [0.05, 0.1) is 5.75 Å². The van der Waals surface area contributed by atoms with E-state index in [1.165, 1.54) is 18.2 Å². The Morgan fingerprint density at radius 1 is 1.27 bits per heavy atom. The summed E-state index contributed by atoms with van der Waals surface area (Å²) in [6.45, 7) is 0. The highest BCUT2D eigenvalue weighted by Gasteiger charge is 2.25. The molecule has 4 heteroatoms. The van der Waals surface area contributed by atoms with Crippen molar-refractivity contribution in [2.24, 2.45) is 5.92 Å². The zero-order chi connectivity index (χ0) is 10.9. The van der Waals surface area contributed by atoms with Crippen molar-refractivity contribution in [1.82, 2.24) is 0 Å². The molecule has 0 amide bonds. The van der Waals surface area contributed by atoms with Crippen molar-refractivity contribution in [3.63, 3.8) is 0 Å². The van der Waals surface area contributed by atoms with Gasteiger partial charge in [-0.05, 0) is 24.5 Å². The van der Waals surface area contributed by atoms with Crippen LogP contribution in [0.2, 0.25) is 0 Å². The molecule has 0 radical (unpaired) electrons. The molecule has 1 aromatic rings. The first-order chi connectivity index (χ1) is 7.09. The van der Waals surface area contributed by atoms with Gasteiger partial charge >= 0.3 is 0 Å². The van der Waals surface area contributed by atoms with Crippen molar-refractivity contribution in [3.05, 3.63) is 30.1 Å². The molecule has 1 aromatic carbocycles. The molecule has 1 aliphatic carbocycles. The van der Waals surface area contributed by atoms with E-state index in [0.29, 0.717) is 12.3 Å². The molecule has 2 rings (SSSR count). The lowest BCUT2D eigenvalue weighted by Gasteiger charge is -2.04. The minimum absolute atomic E-state index is 0.0681. The number of hydrogen-bond donors (Lipinski definition) is 0. The number of benzene rings is 1. The van der Waals surface area contributed by atoms with E-state index in [1.807, 2.05) is 0 Å². The fourth-order valence-electron chi connectivity index (χ4n) is 1.54. The van der Waals surface area contributed by atoms with Crippen LogP contribution in [0.15, 0.2) is 29.2 Å². The van der Waals surface area contributed by atoms with E-state index >= 15 is 0 Å². The lowest BCUT2D eigenvalue weighted by molar-refractivity contribution is 0.563. The lowest BCUT2D eigenvalue weighted by Crippen LogP contribution is -2.09. The second kappa shape index (κ2) is 3.93. The van der Waals surface area contributed by atoms with Crippen molar-refractivity contribution in [1.29, 1.82) is 0 Å². The van der Waals surface area contributed by atoms with Crippen LogP contribution in [0.5, 0.6) is 0 Å². The van der Waals surface area contributed by atoms with Gasteiger partial charge in [0.2, 0.25) is 0 Å². The summed E-state index contributed by atoms with van der Waals surface area (Å²) in [4.78, 5) is -0.161. The Hall–Kier alpha value is -0.900. The standard InChI is InChI=1S/C11H13FO2S/c12-10-3-1-2-4-11(10)15(13,14)8-7-9-5-6-9/h1-4,9H,5-8H2. The minimum Gasteiger partial charge on any atom is -0.224 e. The summed E-state index contributed by atoms with van der Waals surface area (Å²) >= 11 is 0. The Balaban J connectivity index is 2.16. The molecule has 1 fully saturated rings. The third-order valence-corrected chi connectivity index (χ3v) is 4.44. The third kappa shape index (κ3) is 2.56. The molecule has 82 valence electrons.